The molecule has 0 aromatic heterocycles. The number of phenols is 1. The molecule has 0 spiro atoms. The quantitative estimate of drug-likeness (QED) is 0.756. The van der Waals surface area contributed by atoms with Crippen molar-refractivity contribution in [3.05, 3.63) is 29.8 Å². The largest absolute Gasteiger partial charge is 0.508 e. The number of likely N-dealkylation sites (N-methyl/N-ethyl adjacent to an activating group) is 1. The Kier molecular flexibility index (Phi) is 4.85. The van der Waals surface area contributed by atoms with Crippen molar-refractivity contribution in [1.29, 1.82) is 0 Å². The Morgan fingerprint density at radius 2 is 1.90 bits per heavy atom. The Morgan fingerprint density at radius 1 is 1.33 bits per heavy atom. The fourth-order valence-electron chi connectivity index (χ4n) is 2.97. The standard InChI is InChI=1S/C16H24N2O3/c1-18(11-16(21)8-2-3-9-16)15(20)14(17)10-12-4-6-13(19)7-5-12/h4-7,14,19,21H,2-3,8-11,17H2,1H3. The lowest BCUT2D eigenvalue weighted by Gasteiger charge is -2.30. The number of benzene rings is 1. The molecule has 0 radical (unpaired) electrons. The van der Waals surface area contributed by atoms with E-state index in [0.29, 0.717) is 13.0 Å². The van der Waals surface area contributed by atoms with Crippen molar-refractivity contribution in [2.45, 2.75) is 43.7 Å². The first-order valence-corrected chi connectivity index (χ1v) is 7.40. The highest BCUT2D eigenvalue weighted by atomic mass is 16.3. The number of amides is 1. The lowest BCUT2D eigenvalue weighted by atomic mass is 10.0. The second-order valence-electron chi connectivity index (χ2n) is 6.10. The van der Waals surface area contributed by atoms with Crippen LogP contribution in [0.25, 0.3) is 0 Å². The number of carbonyl (C=O) groups excluding carboxylic acids is 1. The summed E-state index contributed by atoms with van der Waals surface area (Å²) < 4.78 is 0. The van der Waals surface area contributed by atoms with Crippen LogP contribution in [0.4, 0.5) is 0 Å². The third-order valence-corrected chi connectivity index (χ3v) is 4.15. The molecule has 5 heteroatoms. The van der Waals surface area contributed by atoms with E-state index < -0.39 is 11.6 Å². The average Bonchev–Trinajstić information content (AvgIpc) is 2.86. The monoisotopic (exact) mass is 292 g/mol. The van der Waals surface area contributed by atoms with E-state index in [0.717, 1.165) is 31.2 Å². The smallest absolute Gasteiger partial charge is 0.239 e. The van der Waals surface area contributed by atoms with Crippen molar-refractivity contribution in [1.82, 2.24) is 4.90 Å². The fraction of sp³-hybridized carbons (Fsp3) is 0.562. The highest BCUT2D eigenvalue weighted by molar-refractivity contribution is 5.81. The fourth-order valence-corrected chi connectivity index (χ4v) is 2.97. The lowest BCUT2D eigenvalue weighted by Crippen LogP contribution is -2.48. The van der Waals surface area contributed by atoms with Crippen molar-refractivity contribution >= 4 is 5.91 Å². The second-order valence-corrected chi connectivity index (χ2v) is 6.10. The van der Waals surface area contributed by atoms with Gasteiger partial charge in [-0.25, -0.2) is 0 Å². The number of aromatic hydroxyl groups is 1. The second kappa shape index (κ2) is 6.45. The van der Waals surface area contributed by atoms with Gasteiger partial charge in [0.2, 0.25) is 5.91 Å². The zero-order valence-electron chi connectivity index (χ0n) is 12.5. The third-order valence-electron chi connectivity index (χ3n) is 4.15. The van der Waals surface area contributed by atoms with Gasteiger partial charge >= 0.3 is 0 Å². The molecule has 1 aliphatic carbocycles. The van der Waals surface area contributed by atoms with E-state index in [2.05, 4.69) is 0 Å². The van der Waals surface area contributed by atoms with Crippen LogP contribution in [-0.4, -0.2) is 46.3 Å². The molecule has 1 aromatic rings. The maximum absolute atomic E-state index is 12.3. The van der Waals surface area contributed by atoms with Crippen molar-refractivity contribution in [2.75, 3.05) is 13.6 Å². The summed E-state index contributed by atoms with van der Waals surface area (Å²) in [4.78, 5) is 13.8. The van der Waals surface area contributed by atoms with Crippen LogP contribution in [-0.2, 0) is 11.2 Å². The molecule has 4 N–H and O–H groups in total. The summed E-state index contributed by atoms with van der Waals surface area (Å²) in [6.45, 7) is 0.342. The zero-order chi connectivity index (χ0) is 15.5. The summed E-state index contributed by atoms with van der Waals surface area (Å²) in [6.07, 6.45) is 3.94. The summed E-state index contributed by atoms with van der Waals surface area (Å²) in [5, 5.41) is 19.6. The maximum Gasteiger partial charge on any atom is 0.239 e. The minimum absolute atomic E-state index is 0.164. The van der Waals surface area contributed by atoms with E-state index in [4.69, 9.17) is 5.73 Å². The van der Waals surface area contributed by atoms with Crippen LogP contribution in [0, 0.1) is 0 Å². The summed E-state index contributed by atoms with van der Waals surface area (Å²) >= 11 is 0. The summed E-state index contributed by atoms with van der Waals surface area (Å²) in [5.41, 5.74) is 6.13. The van der Waals surface area contributed by atoms with Crippen LogP contribution in [0.15, 0.2) is 24.3 Å². The molecular formula is C16H24N2O3. The van der Waals surface area contributed by atoms with E-state index in [9.17, 15) is 15.0 Å². The normalized spacial score (nSPS) is 18.4. The molecule has 1 unspecified atom stereocenters. The van der Waals surface area contributed by atoms with Gasteiger partial charge < -0.3 is 20.8 Å². The van der Waals surface area contributed by atoms with Crippen molar-refractivity contribution in [3.8, 4) is 5.75 Å². The average molecular weight is 292 g/mol. The van der Waals surface area contributed by atoms with Gasteiger partial charge in [-0.2, -0.15) is 0 Å². The van der Waals surface area contributed by atoms with Gasteiger partial charge in [0.05, 0.1) is 11.6 Å². The minimum Gasteiger partial charge on any atom is -0.508 e. The first kappa shape index (κ1) is 15.8. The Morgan fingerprint density at radius 3 is 2.48 bits per heavy atom. The molecule has 1 atom stereocenters. The van der Waals surface area contributed by atoms with Crippen LogP contribution in [0.2, 0.25) is 0 Å². The van der Waals surface area contributed by atoms with Crippen LogP contribution in [0.5, 0.6) is 5.75 Å². The first-order valence-electron chi connectivity index (χ1n) is 7.40. The van der Waals surface area contributed by atoms with E-state index in [-0.39, 0.29) is 11.7 Å². The van der Waals surface area contributed by atoms with Crippen LogP contribution in [0.3, 0.4) is 0 Å². The predicted octanol–water partition coefficient (Wildman–Crippen LogP) is 1.03. The van der Waals surface area contributed by atoms with E-state index in [1.807, 2.05) is 0 Å². The van der Waals surface area contributed by atoms with Crippen LogP contribution < -0.4 is 5.73 Å². The molecule has 1 amide bonds. The van der Waals surface area contributed by atoms with Gasteiger partial charge in [0.1, 0.15) is 5.75 Å². The Balaban J connectivity index is 1.90. The van der Waals surface area contributed by atoms with E-state index in [1.165, 1.54) is 4.90 Å². The van der Waals surface area contributed by atoms with Crippen molar-refractivity contribution in [2.24, 2.45) is 5.73 Å². The molecule has 1 saturated carbocycles. The molecule has 2 rings (SSSR count). The number of carbonyl (C=O) groups is 1. The van der Waals surface area contributed by atoms with E-state index in [1.54, 1.807) is 31.3 Å². The van der Waals surface area contributed by atoms with Gasteiger partial charge in [-0.3, -0.25) is 4.79 Å². The number of hydrogen-bond acceptors (Lipinski definition) is 4. The van der Waals surface area contributed by atoms with Crippen molar-refractivity contribution < 1.29 is 15.0 Å². The Bertz CT molecular complexity index is 481. The molecule has 0 bridgehead atoms. The van der Waals surface area contributed by atoms with Gasteiger partial charge in [-0.15, -0.1) is 0 Å². The molecule has 0 aliphatic heterocycles. The zero-order valence-corrected chi connectivity index (χ0v) is 12.5. The topological polar surface area (TPSA) is 86.8 Å². The number of phenolic OH excluding ortho intramolecular Hbond substituents is 1. The lowest BCUT2D eigenvalue weighted by molar-refractivity contribution is -0.134. The molecule has 5 nitrogen and oxygen atoms in total. The van der Waals surface area contributed by atoms with Gasteiger partial charge in [0, 0.05) is 13.6 Å². The van der Waals surface area contributed by atoms with Crippen molar-refractivity contribution in [3.63, 3.8) is 0 Å². The van der Waals surface area contributed by atoms with Gasteiger partial charge in [-0.1, -0.05) is 25.0 Å². The SMILES string of the molecule is CN(CC1(O)CCCC1)C(=O)C(N)Cc1ccc(O)cc1. The third kappa shape index (κ3) is 4.19. The molecule has 0 saturated heterocycles. The highest BCUT2D eigenvalue weighted by Gasteiger charge is 2.34. The van der Waals surface area contributed by atoms with Gasteiger partial charge in [0.25, 0.3) is 0 Å². The van der Waals surface area contributed by atoms with E-state index >= 15 is 0 Å². The minimum atomic E-state index is -0.747. The molecule has 21 heavy (non-hydrogen) atoms. The van der Waals surface area contributed by atoms with Crippen LogP contribution >= 0.6 is 0 Å². The van der Waals surface area contributed by atoms with Gasteiger partial charge in [0.15, 0.2) is 0 Å². The Hall–Kier alpha value is -1.59. The summed E-state index contributed by atoms with van der Waals surface area (Å²) in [5.74, 6) is 0.0302. The number of hydrogen-bond donors (Lipinski definition) is 3. The summed E-state index contributed by atoms with van der Waals surface area (Å²) in [6, 6.07) is 6.04. The predicted molar refractivity (Wildman–Crippen MR) is 80.8 cm³/mol. The van der Waals surface area contributed by atoms with Gasteiger partial charge in [-0.05, 0) is 37.0 Å². The maximum atomic E-state index is 12.3. The molecule has 1 fully saturated rings. The Labute approximate surface area is 125 Å². The number of nitrogens with two attached hydrogens (primary N) is 1. The summed E-state index contributed by atoms with van der Waals surface area (Å²) in [7, 11) is 1.69. The highest BCUT2D eigenvalue weighted by Crippen LogP contribution is 2.30. The number of aliphatic hydroxyl groups is 1. The molecular weight excluding hydrogens is 268 g/mol. The molecule has 116 valence electrons. The number of nitrogens with zero attached hydrogens (tertiary/aromatic N) is 1. The number of rotatable bonds is 5. The molecule has 1 aliphatic rings. The molecule has 1 aromatic carbocycles. The molecule has 0 heterocycles. The van der Waals surface area contributed by atoms with Crippen LogP contribution in [0.1, 0.15) is 31.2 Å². The first-order chi connectivity index (χ1) is 9.89.